The predicted octanol–water partition coefficient (Wildman–Crippen LogP) is 9.73. The molecule has 1 saturated carbocycles. The Bertz CT molecular complexity index is 940. The summed E-state index contributed by atoms with van der Waals surface area (Å²) in [5.41, 5.74) is 5.38. The third-order valence-corrected chi connectivity index (χ3v) is 7.55. The Hall–Kier alpha value is -2.48. The van der Waals surface area contributed by atoms with Gasteiger partial charge >= 0.3 is 0 Å². The Morgan fingerprint density at radius 3 is 2.00 bits per heavy atom. The average molecular weight is 471 g/mol. The molecule has 0 bridgehead atoms. The van der Waals surface area contributed by atoms with Crippen molar-refractivity contribution in [1.29, 1.82) is 0 Å². The molecule has 2 aromatic carbocycles. The minimum absolute atomic E-state index is 0.669. The van der Waals surface area contributed by atoms with E-state index in [1.165, 1.54) is 93.7 Å². The number of hydrogen-bond donors (Lipinski definition) is 0. The number of hydrogen-bond acceptors (Lipinski definition) is 2. The molecule has 0 atom stereocenters. The summed E-state index contributed by atoms with van der Waals surface area (Å²) in [5.74, 6) is 2.46. The zero-order valence-corrected chi connectivity index (χ0v) is 22.4. The summed E-state index contributed by atoms with van der Waals surface area (Å²) in [6, 6.07) is 18.9. The number of nitrogens with zero attached hydrogens (tertiary/aromatic N) is 2. The quantitative estimate of drug-likeness (QED) is 0.276. The van der Waals surface area contributed by atoms with E-state index in [1.54, 1.807) is 0 Å². The van der Waals surface area contributed by atoms with Gasteiger partial charge in [-0.3, -0.25) is 0 Å². The van der Waals surface area contributed by atoms with E-state index in [-0.39, 0.29) is 0 Å². The smallest absolute Gasteiger partial charge is 0.159 e. The molecule has 1 fully saturated rings. The first-order valence-corrected chi connectivity index (χ1v) is 14.1. The number of benzene rings is 2. The van der Waals surface area contributed by atoms with E-state index in [4.69, 9.17) is 0 Å². The van der Waals surface area contributed by atoms with Crippen LogP contribution in [-0.2, 0) is 6.42 Å². The van der Waals surface area contributed by atoms with Crippen molar-refractivity contribution in [2.24, 2.45) is 5.92 Å². The second-order valence-corrected chi connectivity index (χ2v) is 10.3. The van der Waals surface area contributed by atoms with Gasteiger partial charge in [0.05, 0.1) is 0 Å². The first-order chi connectivity index (χ1) is 17.2. The first-order valence-electron chi connectivity index (χ1n) is 14.1. The van der Waals surface area contributed by atoms with E-state index in [0.29, 0.717) is 5.92 Å². The molecule has 1 heterocycles. The lowest BCUT2D eigenvalue weighted by atomic mass is 9.77. The van der Waals surface area contributed by atoms with Gasteiger partial charge in [0.2, 0.25) is 0 Å². The predicted molar refractivity (Wildman–Crippen MR) is 151 cm³/mol. The molecule has 4 rings (SSSR count). The molecular formula is C33H46N2. The van der Waals surface area contributed by atoms with Gasteiger partial charge in [-0.25, -0.2) is 9.97 Å². The van der Waals surface area contributed by atoms with Crippen LogP contribution < -0.4 is 0 Å². The van der Waals surface area contributed by atoms with Crippen LogP contribution in [0.3, 0.4) is 0 Å². The van der Waals surface area contributed by atoms with Crippen LogP contribution in [0.2, 0.25) is 0 Å². The average Bonchev–Trinajstić information content (AvgIpc) is 2.91. The van der Waals surface area contributed by atoms with Crippen molar-refractivity contribution >= 4 is 0 Å². The molecule has 0 N–H and O–H groups in total. The Kier molecular flexibility index (Phi) is 12.0. The fraction of sp³-hybridized carbons (Fsp3) is 0.515. The number of aromatic nitrogens is 2. The molecule has 3 aromatic rings. The van der Waals surface area contributed by atoms with E-state index in [9.17, 15) is 0 Å². The van der Waals surface area contributed by atoms with Gasteiger partial charge in [0.15, 0.2) is 5.82 Å². The largest absolute Gasteiger partial charge is 0.236 e. The van der Waals surface area contributed by atoms with Gasteiger partial charge in [-0.2, -0.15) is 0 Å². The molecule has 0 saturated heterocycles. The van der Waals surface area contributed by atoms with Gasteiger partial charge in [0.1, 0.15) is 0 Å². The first kappa shape index (κ1) is 27.1. The normalized spacial score (nSPS) is 17.5. The molecule has 0 spiro atoms. The molecule has 2 heteroatoms. The van der Waals surface area contributed by atoms with Crippen LogP contribution >= 0.6 is 0 Å². The molecule has 0 radical (unpaired) electrons. The number of rotatable bonds is 10. The standard InChI is InChI=1S/C21H28N2.C12H18/c1-2-3-5-8-17-11-13-18(14-12-17)20-15-22-21(23-16-20)19-9-6-4-7-10-19;1-3-4-5-9-12-10-7-6-8-11(12)2/h4,6-7,9-10,15-18H,2-3,5,8,11-14H2,1H3;6-8,10H,3-5,9H2,1-2H3. The van der Waals surface area contributed by atoms with Crippen LogP contribution in [0.4, 0.5) is 0 Å². The number of aryl methyl sites for hydroxylation is 2. The topological polar surface area (TPSA) is 25.8 Å². The van der Waals surface area contributed by atoms with E-state index in [0.717, 1.165) is 17.3 Å². The number of unbranched alkanes of at least 4 members (excludes halogenated alkanes) is 4. The highest BCUT2D eigenvalue weighted by Crippen LogP contribution is 2.37. The Morgan fingerprint density at radius 2 is 1.34 bits per heavy atom. The minimum atomic E-state index is 0.669. The van der Waals surface area contributed by atoms with Crippen molar-refractivity contribution in [3.05, 3.63) is 83.7 Å². The van der Waals surface area contributed by atoms with Gasteiger partial charge in [-0.1, -0.05) is 107 Å². The Labute approximate surface area is 214 Å². The molecule has 0 aliphatic heterocycles. The van der Waals surface area contributed by atoms with E-state index >= 15 is 0 Å². The van der Waals surface area contributed by atoms with E-state index in [2.05, 4.69) is 79.5 Å². The summed E-state index contributed by atoms with van der Waals surface area (Å²) < 4.78 is 0. The zero-order valence-electron chi connectivity index (χ0n) is 22.4. The molecule has 2 nitrogen and oxygen atoms in total. The summed E-state index contributed by atoms with van der Waals surface area (Å²) in [7, 11) is 0. The summed E-state index contributed by atoms with van der Waals surface area (Å²) in [5, 5.41) is 0. The van der Waals surface area contributed by atoms with Crippen molar-refractivity contribution in [3.8, 4) is 11.4 Å². The van der Waals surface area contributed by atoms with Gasteiger partial charge in [-0.05, 0) is 74.0 Å². The van der Waals surface area contributed by atoms with Crippen molar-refractivity contribution in [1.82, 2.24) is 9.97 Å². The van der Waals surface area contributed by atoms with Crippen LogP contribution in [0.1, 0.15) is 107 Å². The molecule has 1 aromatic heterocycles. The second kappa shape index (κ2) is 15.5. The SMILES string of the molecule is CCCCCC1CCC(c2cnc(-c3ccccc3)nc2)CC1.CCCCCc1ccccc1C. The van der Waals surface area contributed by atoms with Crippen molar-refractivity contribution in [3.63, 3.8) is 0 Å². The summed E-state index contributed by atoms with van der Waals surface area (Å²) in [6.45, 7) is 6.73. The third-order valence-electron chi connectivity index (χ3n) is 7.55. The van der Waals surface area contributed by atoms with E-state index in [1.807, 2.05) is 18.2 Å². The fourth-order valence-corrected chi connectivity index (χ4v) is 5.21. The van der Waals surface area contributed by atoms with Crippen LogP contribution in [0, 0.1) is 12.8 Å². The minimum Gasteiger partial charge on any atom is -0.236 e. The lowest BCUT2D eigenvalue weighted by Crippen LogP contribution is -2.13. The summed E-state index contributed by atoms with van der Waals surface area (Å²) in [4.78, 5) is 9.19. The third kappa shape index (κ3) is 9.24. The van der Waals surface area contributed by atoms with Crippen molar-refractivity contribution < 1.29 is 0 Å². The Balaban J connectivity index is 0.000000241. The monoisotopic (exact) mass is 470 g/mol. The molecule has 0 unspecified atom stereocenters. The lowest BCUT2D eigenvalue weighted by Gasteiger charge is -2.28. The fourth-order valence-electron chi connectivity index (χ4n) is 5.21. The van der Waals surface area contributed by atoms with Crippen LogP contribution in [-0.4, -0.2) is 9.97 Å². The van der Waals surface area contributed by atoms with Crippen LogP contribution in [0.5, 0.6) is 0 Å². The highest BCUT2D eigenvalue weighted by molar-refractivity contribution is 5.54. The maximum atomic E-state index is 4.59. The van der Waals surface area contributed by atoms with Gasteiger partial charge in [0.25, 0.3) is 0 Å². The lowest BCUT2D eigenvalue weighted by molar-refractivity contribution is 0.302. The highest BCUT2D eigenvalue weighted by atomic mass is 14.9. The van der Waals surface area contributed by atoms with Gasteiger partial charge in [0, 0.05) is 18.0 Å². The van der Waals surface area contributed by atoms with Crippen LogP contribution in [0.15, 0.2) is 67.0 Å². The maximum Gasteiger partial charge on any atom is 0.159 e. The Morgan fingerprint density at radius 1 is 0.714 bits per heavy atom. The molecule has 1 aliphatic rings. The maximum absolute atomic E-state index is 4.59. The van der Waals surface area contributed by atoms with Crippen molar-refractivity contribution in [2.75, 3.05) is 0 Å². The zero-order chi connectivity index (χ0) is 24.7. The summed E-state index contributed by atoms with van der Waals surface area (Å²) >= 11 is 0. The van der Waals surface area contributed by atoms with Gasteiger partial charge < -0.3 is 0 Å². The van der Waals surface area contributed by atoms with Crippen LogP contribution in [0.25, 0.3) is 11.4 Å². The highest BCUT2D eigenvalue weighted by Gasteiger charge is 2.22. The molecular weight excluding hydrogens is 424 g/mol. The summed E-state index contributed by atoms with van der Waals surface area (Å²) in [6.07, 6.45) is 20.3. The van der Waals surface area contributed by atoms with Crippen molar-refractivity contribution in [2.45, 2.75) is 104 Å². The molecule has 35 heavy (non-hydrogen) atoms. The van der Waals surface area contributed by atoms with E-state index < -0.39 is 0 Å². The molecule has 1 aliphatic carbocycles. The second-order valence-electron chi connectivity index (χ2n) is 10.3. The van der Waals surface area contributed by atoms with Gasteiger partial charge in [-0.15, -0.1) is 0 Å². The molecule has 188 valence electrons. The molecule has 0 amide bonds.